The highest BCUT2D eigenvalue weighted by atomic mass is 32.2. The Bertz CT molecular complexity index is 1070. The lowest BCUT2D eigenvalue weighted by molar-refractivity contribution is -0.154. The molecule has 0 radical (unpaired) electrons. The zero-order chi connectivity index (χ0) is 24.8. The van der Waals surface area contributed by atoms with E-state index in [1.54, 1.807) is 11.8 Å². The van der Waals surface area contributed by atoms with Crippen molar-refractivity contribution in [3.05, 3.63) is 60.2 Å². The number of amides is 2. The summed E-state index contributed by atoms with van der Waals surface area (Å²) in [6.07, 6.45) is 9.59. The number of cyclic esters (lactones) is 1. The molecule has 2 fully saturated rings. The highest BCUT2D eigenvalue weighted by Crippen LogP contribution is 2.65. The molecule has 1 aromatic carbocycles. The summed E-state index contributed by atoms with van der Waals surface area (Å²) in [4.78, 5) is 44.9. The number of nitrogens with zero attached hydrogens (tertiary/aromatic N) is 2. The number of likely N-dealkylation sites (tertiary alicyclic amines) is 1. The number of ether oxygens (including phenoxy) is 1. The summed E-state index contributed by atoms with van der Waals surface area (Å²) in [7, 11) is 0. The first-order valence-corrected chi connectivity index (χ1v) is 13.1. The summed E-state index contributed by atoms with van der Waals surface area (Å²) in [6.45, 7) is 4.61. The van der Waals surface area contributed by atoms with Crippen LogP contribution >= 0.6 is 11.8 Å². The van der Waals surface area contributed by atoms with E-state index >= 15 is 0 Å². The first-order valence-electron chi connectivity index (χ1n) is 12.3. The monoisotopic (exact) mass is 496 g/mol. The topological polar surface area (TPSA) is 87.2 Å². The Kier molecular flexibility index (Phi) is 6.30. The molecule has 8 heteroatoms. The molecular weight excluding hydrogens is 464 g/mol. The molecule has 2 amide bonds. The molecular formula is C27H32N2O5S. The van der Waals surface area contributed by atoms with Crippen molar-refractivity contribution in [2.45, 2.75) is 54.8 Å². The predicted molar refractivity (Wildman–Crippen MR) is 133 cm³/mol. The molecule has 4 heterocycles. The average molecular weight is 497 g/mol. The maximum Gasteiger partial charge on any atom is 0.311 e. The van der Waals surface area contributed by atoms with Gasteiger partial charge in [0.2, 0.25) is 11.8 Å². The highest BCUT2D eigenvalue weighted by Gasteiger charge is 2.74. The molecule has 1 unspecified atom stereocenters. The van der Waals surface area contributed by atoms with Crippen LogP contribution in [-0.4, -0.2) is 74.0 Å². The zero-order valence-corrected chi connectivity index (χ0v) is 20.9. The van der Waals surface area contributed by atoms with Gasteiger partial charge < -0.3 is 19.6 Å². The van der Waals surface area contributed by atoms with Gasteiger partial charge in [0, 0.05) is 17.8 Å². The van der Waals surface area contributed by atoms with Crippen LogP contribution in [0.1, 0.15) is 32.3 Å². The lowest BCUT2D eigenvalue weighted by Crippen LogP contribution is -2.56. The summed E-state index contributed by atoms with van der Waals surface area (Å²) in [5, 5.41) is 10.0. The van der Waals surface area contributed by atoms with Gasteiger partial charge in [-0.15, -0.1) is 11.8 Å². The second-order valence-corrected chi connectivity index (χ2v) is 11.9. The van der Waals surface area contributed by atoms with Crippen LogP contribution in [0.3, 0.4) is 0 Å². The molecule has 4 aliphatic rings. The first-order chi connectivity index (χ1) is 16.8. The van der Waals surface area contributed by atoms with Crippen LogP contribution in [0.5, 0.6) is 0 Å². The Morgan fingerprint density at radius 1 is 1.11 bits per heavy atom. The number of carbonyl (C=O) groups excluding carboxylic acids is 3. The van der Waals surface area contributed by atoms with E-state index in [2.05, 4.69) is 6.08 Å². The Hall–Kier alpha value is -2.58. The van der Waals surface area contributed by atoms with Gasteiger partial charge in [-0.25, -0.2) is 0 Å². The Morgan fingerprint density at radius 3 is 2.63 bits per heavy atom. The van der Waals surface area contributed by atoms with Gasteiger partial charge in [-0.05, 0) is 32.3 Å². The third-order valence-corrected chi connectivity index (χ3v) is 9.52. The molecule has 1 aromatic rings. The van der Waals surface area contributed by atoms with Crippen molar-refractivity contribution >= 4 is 29.5 Å². The third-order valence-electron chi connectivity index (χ3n) is 7.73. The molecule has 1 spiro atoms. The number of rotatable bonds is 4. The molecule has 186 valence electrons. The molecule has 35 heavy (non-hydrogen) atoms. The van der Waals surface area contributed by atoms with E-state index < -0.39 is 33.4 Å². The van der Waals surface area contributed by atoms with Gasteiger partial charge in [-0.1, -0.05) is 54.6 Å². The lowest BCUT2D eigenvalue weighted by atomic mass is 9.74. The van der Waals surface area contributed by atoms with E-state index in [4.69, 9.17) is 4.74 Å². The fourth-order valence-electron chi connectivity index (χ4n) is 6.13. The summed E-state index contributed by atoms with van der Waals surface area (Å²) in [5.74, 6) is -2.27. The zero-order valence-electron chi connectivity index (χ0n) is 20.1. The maximum atomic E-state index is 14.2. The summed E-state index contributed by atoms with van der Waals surface area (Å²) >= 11 is 1.53. The van der Waals surface area contributed by atoms with Crippen LogP contribution in [0.25, 0.3) is 0 Å². The first kappa shape index (κ1) is 24.1. The molecule has 5 rings (SSSR count). The molecule has 7 nitrogen and oxygen atoms in total. The second kappa shape index (κ2) is 9.13. The van der Waals surface area contributed by atoms with Crippen molar-refractivity contribution in [1.29, 1.82) is 0 Å². The molecule has 0 saturated carbocycles. The number of hydrogen-bond donors (Lipinski definition) is 1. The van der Waals surface area contributed by atoms with Gasteiger partial charge in [0.25, 0.3) is 0 Å². The van der Waals surface area contributed by atoms with Crippen LogP contribution in [0.4, 0.5) is 0 Å². The van der Waals surface area contributed by atoms with Gasteiger partial charge in [0.1, 0.15) is 6.04 Å². The third kappa shape index (κ3) is 3.82. The quantitative estimate of drug-likeness (QED) is 0.509. The van der Waals surface area contributed by atoms with E-state index in [0.29, 0.717) is 19.7 Å². The number of allylic oxidation sites excluding steroid dienone is 1. The smallest absolute Gasteiger partial charge is 0.311 e. The van der Waals surface area contributed by atoms with Crippen molar-refractivity contribution in [2.75, 3.05) is 19.8 Å². The summed E-state index contributed by atoms with van der Waals surface area (Å²) in [5.41, 5.74) is 1.00. The van der Waals surface area contributed by atoms with Gasteiger partial charge >= 0.3 is 5.97 Å². The summed E-state index contributed by atoms with van der Waals surface area (Å²) in [6, 6.07) is 8.40. The van der Waals surface area contributed by atoms with Crippen molar-refractivity contribution in [3.63, 3.8) is 0 Å². The number of thioether (sulfide) groups is 1. The molecule has 4 aliphatic heterocycles. The van der Waals surface area contributed by atoms with E-state index in [1.807, 2.05) is 55.5 Å². The minimum atomic E-state index is -0.926. The molecule has 0 aliphatic carbocycles. The summed E-state index contributed by atoms with van der Waals surface area (Å²) < 4.78 is 4.01. The Morgan fingerprint density at radius 2 is 1.89 bits per heavy atom. The van der Waals surface area contributed by atoms with Crippen LogP contribution in [-0.2, 0) is 25.7 Å². The van der Waals surface area contributed by atoms with Crippen LogP contribution in [0.2, 0.25) is 0 Å². The Balaban J connectivity index is 1.61. The van der Waals surface area contributed by atoms with Gasteiger partial charge in [0.15, 0.2) is 0 Å². The largest absolute Gasteiger partial charge is 0.465 e. The van der Waals surface area contributed by atoms with Crippen LogP contribution < -0.4 is 0 Å². The van der Waals surface area contributed by atoms with E-state index in [-0.39, 0.29) is 24.4 Å². The highest BCUT2D eigenvalue weighted by molar-refractivity contribution is 8.02. The molecule has 0 bridgehead atoms. The minimum Gasteiger partial charge on any atom is -0.465 e. The van der Waals surface area contributed by atoms with Crippen LogP contribution in [0, 0.1) is 11.8 Å². The normalized spacial score (nSPS) is 36.3. The fraction of sp³-hybridized carbons (Fsp3) is 0.519. The van der Waals surface area contributed by atoms with Crippen molar-refractivity contribution < 1.29 is 24.2 Å². The molecule has 0 aromatic heterocycles. The number of carbonyl (C=O) groups is 3. The fourth-order valence-corrected chi connectivity index (χ4v) is 8.27. The van der Waals surface area contributed by atoms with Gasteiger partial charge in [-0.2, -0.15) is 0 Å². The van der Waals surface area contributed by atoms with Crippen LogP contribution in [0.15, 0.2) is 54.6 Å². The van der Waals surface area contributed by atoms with E-state index in [9.17, 15) is 19.5 Å². The number of fused-ring (bicyclic) bond motifs is 2. The molecule has 2 saturated heterocycles. The maximum absolute atomic E-state index is 14.2. The predicted octanol–water partition coefficient (Wildman–Crippen LogP) is 2.55. The van der Waals surface area contributed by atoms with Gasteiger partial charge in [-0.3, -0.25) is 14.4 Å². The van der Waals surface area contributed by atoms with Crippen molar-refractivity contribution in [3.8, 4) is 0 Å². The van der Waals surface area contributed by atoms with Crippen molar-refractivity contribution in [1.82, 2.24) is 9.80 Å². The SMILES string of the molecule is C[C@H](CO)N1C(=O)[C@@H]2[C@@H]3C(=O)OCCC/C=C\[C@]3(C)S[C@@]23C=CCN(Cc2ccccc2)C(=O)C13. The number of esters is 1. The Labute approximate surface area is 210 Å². The number of aliphatic hydroxyl groups is 1. The number of aliphatic hydroxyl groups excluding tert-OH is 1. The lowest BCUT2D eigenvalue weighted by Gasteiger charge is -2.38. The number of benzene rings is 1. The standard InChI is InChI=1S/C27H32N2O5S/c1-18(17-30)29-22-24(32)28(16-19-10-5-3-6-11-19)14-9-13-27(22)20(23(29)31)21-25(33)34-15-8-4-7-12-26(21,2)35-27/h3,5-7,9-13,18,20-22,30H,4,8,14-17H2,1-2H3/b12-7-/t18-,20+,21-,22?,26+,27+/m1/s1. The average Bonchev–Trinajstić information content (AvgIpc) is 3.21. The van der Waals surface area contributed by atoms with Gasteiger partial charge in [0.05, 0.1) is 35.8 Å². The second-order valence-electron chi connectivity index (χ2n) is 10.1. The number of hydrogen-bond acceptors (Lipinski definition) is 6. The minimum absolute atomic E-state index is 0.157. The van der Waals surface area contributed by atoms with Crippen molar-refractivity contribution in [2.24, 2.45) is 11.8 Å². The molecule has 1 N–H and O–H groups in total. The molecule has 6 atom stereocenters. The van der Waals surface area contributed by atoms with E-state index in [1.165, 1.54) is 16.7 Å². The van der Waals surface area contributed by atoms with E-state index in [0.717, 1.165) is 18.4 Å².